The molecule has 0 saturated heterocycles. The van der Waals surface area contributed by atoms with Crippen LogP contribution in [0.5, 0.6) is 0 Å². The quantitative estimate of drug-likeness (QED) is 0.617. The van der Waals surface area contributed by atoms with Crippen molar-refractivity contribution in [2.45, 2.75) is 13.0 Å². The standard InChI is InChI=1S/C10H18N2O3/c1-13-5-2-6-14-8-4-11-9-10-3-7-15-12-10/h3,7,11H,2,4-6,8-9H2,1H3. The molecule has 0 aliphatic heterocycles. The fourth-order valence-electron chi connectivity index (χ4n) is 1.10. The van der Waals surface area contributed by atoms with Crippen molar-refractivity contribution in [1.82, 2.24) is 10.5 Å². The lowest BCUT2D eigenvalue weighted by Gasteiger charge is -2.04. The van der Waals surface area contributed by atoms with Crippen LogP contribution < -0.4 is 5.32 Å². The van der Waals surface area contributed by atoms with Gasteiger partial charge in [0.15, 0.2) is 0 Å². The minimum atomic E-state index is 0.710. The second-order valence-corrected chi connectivity index (χ2v) is 3.13. The fraction of sp³-hybridized carbons (Fsp3) is 0.700. The van der Waals surface area contributed by atoms with Crippen molar-refractivity contribution >= 4 is 0 Å². The average Bonchev–Trinajstić information content (AvgIpc) is 2.75. The number of aromatic nitrogens is 1. The van der Waals surface area contributed by atoms with Crippen LogP contribution in [0.1, 0.15) is 12.1 Å². The van der Waals surface area contributed by atoms with Gasteiger partial charge in [0.2, 0.25) is 0 Å². The minimum Gasteiger partial charge on any atom is -0.385 e. The molecule has 0 bridgehead atoms. The Hall–Kier alpha value is -0.910. The van der Waals surface area contributed by atoms with Gasteiger partial charge < -0.3 is 19.3 Å². The molecule has 0 amide bonds. The van der Waals surface area contributed by atoms with Gasteiger partial charge in [-0.1, -0.05) is 5.16 Å². The van der Waals surface area contributed by atoms with Gasteiger partial charge in [0.25, 0.3) is 0 Å². The minimum absolute atomic E-state index is 0.710. The molecule has 0 aliphatic carbocycles. The van der Waals surface area contributed by atoms with E-state index in [1.807, 2.05) is 6.07 Å². The molecule has 0 radical (unpaired) electrons. The average molecular weight is 214 g/mol. The van der Waals surface area contributed by atoms with Gasteiger partial charge >= 0.3 is 0 Å². The van der Waals surface area contributed by atoms with Gasteiger partial charge in [-0.15, -0.1) is 0 Å². The normalized spacial score (nSPS) is 10.7. The van der Waals surface area contributed by atoms with E-state index in [2.05, 4.69) is 10.5 Å². The maximum Gasteiger partial charge on any atom is 0.124 e. The predicted molar refractivity (Wildman–Crippen MR) is 55.5 cm³/mol. The van der Waals surface area contributed by atoms with Crippen molar-refractivity contribution in [3.05, 3.63) is 18.0 Å². The third-order valence-electron chi connectivity index (χ3n) is 1.86. The summed E-state index contributed by atoms with van der Waals surface area (Å²) in [6.07, 6.45) is 2.51. The monoisotopic (exact) mass is 214 g/mol. The van der Waals surface area contributed by atoms with Gasteiger partial charge in [0.1, 0.15) is 6.26 Å². The molecule has 0 aliphatic rings. The Bertz CT molecular complexity index is 227. The van der Waals surface area contributed by atoms with E-state index < -0.39 is 0 Å². The number of methoxy groups -OCH3 is 1. The Morgan fingerprint density at radius 2 is 2.33 bits per heavy atom. The number of hydrogen-bond donors (Lipinski definition) is 1. The first-order chi connectivity index (χ1) is 7.43. The molecule has 1 aromatic rings. The first kappa shape index (κ1) is 12.2. The van der Waals surface area contributed by atoms with Crippen LogP contribution in [-0.2, 0) is 16.0 Å². The van der Waals surface area contributed by atoms with E-state index in [1.54, 1.807) is 13.4 Å². The van der Waals surface area contributed by atoms with E-state index in [0.717, 1.165) is 38.4 Å². The first-order valence-electron chi connectivity index (χ1n) is 5.10. The van der Waals surface area contributed by atoms with Gasteiger partial charge in [-0.3, -0.25) is 0 Å². The van der Waals surface area contributed by atoms with E-state index in [-0.39, 0.29) is 0 Å². The highest BCUT2D eigenvalue weighted by Gasteiger charge is 1.94. The lowest BCUT2D eigenvalue weighted by Crippen LogP contribution is -2.19. The van der Waals surface area contributed by atoms with Crippen molar-refractivity contribution in [2.75, 3.05) is 33.5 Å². The molecule has 0 aromatic carbocycles. The zero-order valence-electron chi connectivity index (χ0n) is 9.07. The van der Waals surface area contributed by atoms with Crippen LogP contribution in [0.2, 0.25) is 0 Å². The Kier molecular flexibility index (Phi) is 6.81. The van der Waals surface area contributed by atoms with Gasteiger partial charge in [0.05, 0.1) is 12.3 Å². The summed E-state index contributed by atoms with van der Waals surface area (Å²) in [6.45, 7) is 3.76. The summed E-state index contributed by atoms with van der Waals surface area (Å²) < 4.78 is 15.0. The number of rotatable bonds is 9. The molecule has 15 heavy (non-hydrogen) atoms. The smallest absolute Gasteiger partial charge is 0.124 e. The Balaban J connectivity index is 1.81. The van der Waals surface area contributed by atoms with E-state index in [9.17, 15) is 0 Å². The van der Waals surface area contributed by atoms with Crippen LogP contribution in [0, 0.1) is 0 Å². The molecule has 0 spiro atoms. The van der Waals surface area contributed by atoms with Crippen molar-refractivity contribution in [1.29, 1.82) is 0 Å². The number of hydrogen-bond acceptors (Lipinski definition) is 5. The van der Waals surface area contributed by atoms with Crippen molar-refractivity contribution in [2.24, 2.45) is 0 Å². The van der Waals surface area contributed by atoms with Crippen molar-refractivity contribution < 1.29 is 14.0 Å². The third kappa shape index (κ3) is 6.22. The molecule has 1 heterocycles. The van der Waals surface area contributed by atoms with E-state index in [1.165, 1.54) is 0 Å². The molecule has 1 N–H and O–H groups in total. The Labute approximate surface area is 89.7 Å². The second-order valence-electron chi connectivity index (χ2n) is 3.13. The SMILES string of the molecule is COCCCOCCNCc1ccon1. The van der Waals surface area contributed by atoms with Crippen LogP contribution in [0.3, 0.4) is 0 Å². The van der Waals surface area contributed by atoms with Crippen LogP contribution >= 0.6 is 0 Å². The summed E-state index contributed by atoms with van der Waals surface area (Å²) in [5.74, 6) is 0. The third-order valence-corrected chi connectivity index (χ3v) is 1.86. The molecular weight excluding hydrogens is 196 g/mol. The molecule has 1 rings (SSSR count). The summed E-state index contributed by atoms with van der Waals surface area (Å²) >= 11 is 0. The molecule has 0 atom stereocenters. The fourth-order valence-corrected chi connectivity index (χ4v) is 1.10. The highest BCUT2D eigenvalue weighted by atomic mass is 16.5. The molecule has 5 heteroatoms. The number of ether oxygens (including phenoxy) is 2. The lowest BCUT2D eigenvalue weighted by molar-refractivity contribution is 0.104. The summed E-state index contributed by atoms with van der Waals surface area (Å²) in [4.78, 5) is 0. The van der Waals surface area contributed by atoms with Gasteiger partial charge in [-0.05, 0) is 6.42 Å². The maximum absolute atomic E-state index is 5.37. The lowest BCUT2D eigenvalue weighted by atomic mass is 10.4. The van der Waals surface area contributed by atoms with Crippen LogP contribution in [-0.4, -0.2) is 38.6 Å². The highest BCUT2D eigenvalue weighted by Crippen LogP contribution is 1.92. The van der Waals surface area contributed by atoms with Gasteiger partial charge in [-0.25, -0.2) is 0 Å². The van der Waals surface area contributed by atoms with Crippen LogP contribution in [0.15, 0.2) is 16.9 Å². The van der Waals surface area contributed by atoms with Crippen LogP contribution in [0.25, 0.3) is 0 Å². The molecule has 5 nitrogen and oxygen atoms in total. The summed E-state index contributed by atoms with van der Waals surface area (Å²) in [6, 6.07) is 1.84. The van der Waals surface area contributed by atoms with Gasteiger partial charge in [0, 0.05) is 39.5 Å². The number of nitrogens with one attached hydrogen (secondary N) is 1. The maximum atomic E-state index is 5.37. The molecule has 1 aromatic heterocycles. The topological polar surface area (TPSA) is 56.5 Å². The zero-order valence-corrected chi connectivity index (χ0v) is 9.07. The summed E-state index contributed by atoms with van der Waals surface area (Å²) in [5.41, 5.74) is 0.911. The highest BCUT2D eigenvalue weighted by molar-refractivity contribution is 4.93. The van der Waals surface area contributed by atoms with Crippen molar-refractivity contribution in [3.63, 3.8) is 0 Å². The summed E-state index contributed by atoms with van der Waals surface area (Å²) in [5, 5.41) is 6.98. The van der Waals surface area contributed by atoms with E-state index in [4.69, 9.17) is 14.0 Å². The molecule has 0 fully saturated rings. The molecule has 0 unspecified atom stereocenters. The Morgan fingerprint density at radius 3 is 3.07 bits per heavy atom. The number of nitrogens with zero attached hydrogens (tertiary/aromatic N) is 1. The molecule has 86 valence electrons. The van der Waals surface area contributed by atoms with Crippen molar-refractivity contribution in [3.8, 4) is 0 Å². The molecular formula is C10H18N2O3. The zero-order chi connectivity index (χ0) is 10.8. The Morgan fingerprint density at radius 1 is 1.40 bits per heavy atom. The van der Waals surface area contributed by atoms with Crippen LogP contribution in [0.4, 0.5) is 0 Å². The molecule has 0 saturated carbocycles. The van der Waals surface area contributed by atoms with E-state index >= 15 is 0 Å². The van der Waals surface area contributed by atoms with Gasteiger partial charge in [-0.2, -0.15) is 0 Å². The van der Waals surface area contributed by atoms with E-state index in [0.29, 0.717) is 6.61 Å². The second kappa shape index (κ2) is 8.40. The largest absolute Gasteiger partial charge is 0.385 e. The first-order valence-corrected chi connectivity index (χ1v) is 5.10. The predicted octanol–water partition coefficient (Wildman–Crippen LogP) is 0.817. The summed E-state index contributed by atoms with van der Waals surface area (Å²) in [7, 11) is 1.69.